The number of ether oxygens (including phenoxy) is 3. The second-order valence-electron chi connectivity index (χ2n) is 5.05. The van der Waals surface area contributed by atoms with Gasteiger partial charge in [-0.3, -0.25) is 4.57 Å². The summed E-state index contributed by atoms with van der Waals surface area (Å²) in [5, 5.41) is 10.7. The van der Waals surface area contributed by atoms with Gasteiger partial charge in [0, 0.05) is 11.6 Å². The normalized spacial score (nSPS) is 25.8. The lowest BCUT2D eigenvalue weighted by Gasteiger charge is -2.27. The third-order valence-electron chi connectivity index (χ3n) is 3.50. The van der Waals surface area contributed by atoms with Gasteiger partial charge in [0.05, 0.1) is 19.3 Å². The van der Waals surface area contributed by atoms with Crippen molar-refractivity contribution in [1.82, 2.24) is 9.55 Å². The van der Waals surface area contributed by atoms with Gasteiger partial charge in [0.15, 0.2) is 0 Å². The van der Waals surface area contributed by atoms with Crippen molar-refractivity contribution in [1.29, 1.82) is 0 Å². The van der Waals surface area contributed by atoms with Gasteiger partial charge in [-0.05, 0) is 24.2 Å². The number of imidazole rings is 1. The summed E-state index contributed by atoms with van der Waals surface area (Å²) < 4.78 is 18.4. The molecule has 110 valence electrons. The highest BCUT2D eigenvalue weighted by Gasteiger charge is 2.28. The molecule has 2 atom stereocenters. The molecular formula is C12H17N3O5. The maximum Gasteiger partial charge on any atom is 0.414 e. The molecule has 1 aromatic heterocycles. The third kappa shape index (κ3) is 2.91. The Morgan fingerprint density at radius 3 is 3.20 bits per heavy atom. The van der Waals surface area contributed by atoms with Gasteiger partial charge in [0.2, 0.25) is 0 Å². The molecule has 2 unspecified atom stereocenters. The molecule has 0 N–H and O–H groups in total. The van der Waals surface area contributed by atoms with Crippen molar-refractivity contribution in [3.05, 3.63) is 16.3 Å². The van der Waals surface area contributed by atoms with Crippen LogP contribution >= 0.6 is 0 Å². The molecule has 8 nitrogen and oxygen atoms in total. The highest BCUT2D eigenvalue weighted by atomic mass is 16.6. The van der Waals surface area contributed by atoms with E-state index in [1.807, 2.05) is 0 Å². The van der Waals surface area contributed by atoms with E-state index in [9.17, 15) is 10.1 Å². The number of hydrogen-bond donors (Lipinski definition) is 0. The molecule has 0 radical (unpaired) electrons. The van der Waals surface area contributed by atoms with Crippen LogP contribution in [0.15, 0.2) is 6.20 Å². The van der Waals surface area contributed by atoms with E-state index in [1.165, 1.54) is 12.6 Å². The van der Waals surface area contributed by atoms with Crippen molar-refractivity contribution >= 4 is 5.82 Å². The summed E-state index contributed by atoms with van der Waals surface area (Å²) in [5.41, 5.74) is 0. The van der Waals surface area contributed by atoms with E-state index in [-0.39, 0.29) is 24.0 Å². The van der Waals surface area contributed by atoms with Crippen LogP contribution in [0.4, 0.5) is 5.82 Å². The number of nitrogens with zero attached hydrogens (tertiary/aromatic N) is 3. The second-order valence-corrected chi connectivity index (χ2v) is 5.05. The van der Waals surface area contributed by atoms with Crippen LogP contribution in [-0.4, -0.2) is 46.5 Å². The van der Waals surface area contributed by atoms with Crippen LogP contribution in [0.3, 0.4) is 0 Å². The molecule has 1 fully saturated rings. The molecule has 0 spiro atoms. The second kappa shape index (κ2) is 5.76. The fourth-order valence-corrected chi connectivity index (χ4v) is 2.44. The minimum Gasteiger partial charge on any atom is -0.443 e. The SMILES string of the molecule is O=[N+]([O-])c1cn2c(n1)OCC(OCC1CCCCO1)C2. The number of nitro groups is 1. The molecule has 0 aliphatic carbocycles. The molecule has 2 aliphatic heterocycles. The molecular weight excluding hydrogens is 266 g/mol. The maximum absolute atomic E-state index is 10.7. The van der Waals surface area contributed by atoms with E-state index in [0.717, 1.165) is 19.4 Å². The molecule has 2 aliphatic rings. The topological polar surface area (TPSA) is 88.7 Å². The predicted octanol–water partition coefficient (Wildman–Crippen LogP) is 1.14. The van der Waals surface area contributed by atoms with Crippen LogP contribution in [0.2, 0.25) is 0 Å². The van der Waals surface area contributed by atoms with Crippen molar-refractivity contribution < 1.29 is 19.1 Å². The lowest BCUT2D eigenvalue weighted by molar-refractivity contribution is -0.389. The Bertz CT molecular complexity index is 483. The van der Waals surface area contributed by atoms with Crippen molar-refractivity contribution in [2.75, 3.05) is 19.8 Å². The van der Waals surface area contributed by atoms with Gasteiger partial charge in [-0.15, -0.1) is 0 Å². The molecule has 0 amide bonds. The Kier molecular flexibility index (Phi) is 3.83. The Morgan fingerprint density at radius 2 is 2.45 bits per heavy atom. The molecule has 3 rings (SSSR count). The largest absolute Gasteiger partial charge is 0.443 e. The zero-order valence-corrected chi connectivity index (χ0v) is 11.1. The van der Waals surface area contributed by atoms with E-state index in [4.69, 9.17) is 14.2 Å². The molecule has 1 aromatic rings. The zero-order chi connectivity index (χ0) is 13.9. The molecule has 0 bridgehead atoms. The van der Waals surface area contributed by atoms with Gasteiger partial charge in [-0.25, -0.2) is 0 Å². The number of fused-ring (bicyclic) bond motifs is 1. The molecule has 3 heterocycles. The minimum absolute atomic E-state index is 0.123. The van der Waals surface area contributed by atoms with Crippen LogP contribution < -0.4 is 4.74 Å². The monoisotopic (exact) mass is 283 g/mol. The lowest BCUT2D eigenvalue weighted by atomic mass is 10.1. The Hall–Kier alpha value is -1.67. The van der Waals surface area contributed by atoms with Gasteiger partial charge in [-0.1, -0.05) is 0 Å². The zero-order valence-electron chi connectivity index (χ0n) is 11.1. The smallest absolute Gasteiger partial charge is 0.414 e. The van der Waals surface area contributed by atoms with Gasteiger partial charge in [-0.2, -0.15) is 0 Å². The molecule has 8 heteroatoms. The highest BCUT2D eigenvalue weighted by molar-refractivity contribution is 5.21. The Labute approximate surface area is 115 Å². The fourth-order valence-electron chi connectivity index (χ4n) is 2.44. The summed E-state index contributed by atoms with van der Waals surface area (Å²) in [6, 6.07) is 0.283. The summed E-state index contributed by atoms with van der Waals surface area (Å²) in [7, 11) is 0. The Morgan fingerprint density at radius 1 is 1.55 bits per heavy atom. The first kappa shape index (κ1) is 13.3. The molecule has 0 aromatic carbocycles. The summed E-state index contributed by atoms with van der Waals surface area (Å²) in [4.78, 5) is 13.9. The average Bonchev–Trinajstić information content (AvgIpc) is 2.89. The number of rotatable bonds is 4. The molecule has 1 saturated heterocycles. The van der Waals surface area contributed by atoms with E-state index < -0.39 is 4.92 Å². The lowest BCUT2D eigenvalue weighted by Crippen LogP contribution is -2.35. The maximum atomic E-state index is 10.7. The summed E-state index contributed by atoms with van der Waals surface area (Å²) in [6.45, 7) is 2.22. The fraction of sp³-hybridized carbons (Fsp3) is 0.750. The predicted molar refractivity (Wildman–Crippen MR) is 67.7 cm³/mol. The number of aromatic nitrogens is 2. The van der Waals surface area contributed by atoms with Crippen LogP contribution in [0, 0.1) is 10.1 Å². The quantitative estimate of drug-likeness (QED) is 0.608. The third-order valence-corrected chi connectivity index (χ3v) is 3.50. The van der Waals surface area contributed by atoms with E-state index in [2.05, 4.69) is 4.98 Å². The summed E-state index contributed by atoms with van der Waals surface area (Å²) >= 11 is 0. The van der Waals surface area contributed by atoms with Crippen molar-refractivity contribution in [3.63, 3.8) is 0 Å². The first-order chi connectivity index (χ1) is 9.72. The standard InChI is InChI=1S/C12H17N3O5/c16-15(17)11-6-14-5-10(8-20-12(14)13-11)19-7-9-3-1-2-4-18-9/h6,9-10H,1-5,7-8H2. The van der Waals surface area contributed by atoms with E-state index >= 15 is 0 Å². The Balaban J connectivity index is 1.53. The van der Waals surface area contributed by atoms with Crippen LogP contribution in [0.1, 0.15) is 19.3 Å². The first-order valence-electron chi connectivity index (χ1n) is 6.80. The van der Waals surface area contributed by atoms with Crippen LogP contribution in [0.5, 0.6) is 6.01 Å². The summed E-state index contributed by atoms with van der Waals surface area (Å²) in [6.07, 6.45) is 4.72. The number of hydrogen-bond acceptors (Lipinski definition) is 6. The van der Waals surface area contributed by atoms with E-state index in [1.54, 1.807) is 4.57 Å². The van der Waals surface area contributed by atoms with Gasteiger partial charge in [0.25, 0.3) is 0 Å². The van der Waals surface area contributed by atoms with Gasteiger partial charge >= 0.3 is 11.8 Å². The van der Waals surface area contributed by atoms with Crippen LogP contribution in [-0.2, 0) is 16.0 Å². The summed E-state index contributed by atoms with van der Waals surface area (Å²) in [5.74, 6) is -0.198. The van der Waals surface area contributed by atoms with E-state index in [0.29, 0.717) is 19.8 Å². The van der Waals surface area contributed by atoms with Crippen molar-refractivity contribution in [2.24, 2.45) is 0 Å². The van der Waals surface area contributed by atoms with Crippen molar-refractivity contribution in [3.8, 4) is 6.01 Å². The first-order valence-corrected chi connectivity index (χ1v) is 6.80. The van der Waals surface area contributed by atoms with Gasteiger partial charge in [0.1, 0.15) is 18.9 Å². The van der Waals surface area contributed by atoms with Gasteiger partial charge < -0.3 is 24.3 Å². The van der Waals surface area contributed by atoms with Crippen LogP contribution in [0.25, 0.3) is 0 Å². The molecule has 0 saturated carbocycles. The minimum atomic E-state index is -0.527. The molecule has 20 heavy (non-hydrogen) atoms. The van der Waals surface area contributed by atoms with Crippen molar-refractivity contribution in [2.45, 2.75) is 38.0 Å². The highest BCUT2D eigenvalue weighted by Crippen LogP contribution is 2.23. The average molecular weight is 283 g/mol.